The second kappa shape index (κ2) is 5.49. The number of aromatic nitrogens is 3. The Bertz CT molecular complexity index is 357. The molecule has 0 amide bonds. The lowest BCUT2D eigenvalue weighted by Gasteiger charge is -2.24. The minimum Gasteiger partial charge on any atom is -0.467 e. The van der Waals surface area contributed by atoms with Crippen LogP contribution in [0.2, 0.25) is 0 Å². The highest BCUT2D eigenvalue weighted by atomic mass is 35.5. The predicted molar refractivity (Wildman–Crippen MR) is 65.7 cm³/mol. The fourth-order valence-electron chi connectivity index (χ4n) is 1.12. The lowest BCUT2D eigenvalue weighted by molar-refractivity contribution is 0.331. The summed E-state index contributed by atoms with van der Waals surface area (Å²) in [4.78, 5) is 12.2. The average Bonchev–Trinajstić information content (AvgIpc) is 2.27. The first kappa shape index (κ1) is 14.0. The minimum absolute atomic E-state index is 0.0192. The lowest BCUT2D eigenvalue weighted by Crippen LogP contribution is -2.24. The standard InChI is InChI=1S/C11H18ClN3O2/c1-11(2,3)7(12)6-8-13-9(16-4)15-10(14-8)17-5/h7H,6H2,1-5H3. The van der Waals surface area contributed by atoms with Crippen molar-refractivity contribution in [3.05, 3.63) is 5.82 Å². The molecule has 1 aromatic heterocycles. The van der Waals surface area contributed by atoms with Gasteiger partial charge in [0.15, 0.2) is 0 Å². The summed E-state index contributed by atoms with van der Waals surface area (Å²) in [5, 5.41) is -0.0701. The third-order valence-electron chi connectivity index (χ3n) is 2.31. The first-order valence-electron chi connectivity index (χ1n) is 5.34. The molecular weight excluding hydrogens is 242 g/mol. The van der Waals surface area contributed by atoms with Crippen molar-refractivity contribution >= 4 is 11.6 Å². The summed E-state index contributed by atoms with van der Waals surface area (Å²) in [6.07, 6.45) is 0.542. The summed E-state index contributed by atoms with van der Waals surface area (Å²) in [7, 11) is 3.00. The molecule has 1 rings (SSSR count). The Morgan fingerprint density at radius 1 is 1.06 bits per heavy atom. The van der Waals surface area contributed by atoms with Crippen LogP contribution in [0.5, 0.6) is 12.0 Å². The minimum atomic E-state index is -0.0701. The van der Waals surface area contributed by atoms with Gasteiger partial charge in [-0.25, -0.2) is 0 Å². The number of hydrogen-bond acceptors (Lipinski definition) is 5. The molecule has 1 unspecified atom stereocenters. The molecule has 1 aromatic rings. The molecule has 0 saturated carbocycles. The second-order valence-electron chi connectivity index (χ2n) is 4.76. The number of nitrogens with zero attached hydrogens (tertiary/aromatic N) is 3. The lowest BCUT2D eigenvalue weighted by atomic mass is 9.90. The van der Waals surface area contributed by atoms with Crippen LogP contribution in [-0.2, 0) is 6.42 Å². The summed E-state index contributed by atoms with van der Waals surface area (Å²) >= 11 is 6.30. The van der Waals surface area contributed by atoms with Crippen molar-refractivity contribution in [1.82, 2.24) is 15.0 Å². The van der Waals surface area contributed by atoms with E-state index in [1.807, 2.05) is 0 Å². The van der Waals surface area contributed by atoms with Gasteiger partial charge in [-0.05, 0) is 5.41 Å². The van der Waals surface area contributed by atoms with E-state index in [2.05, 4.69) is 35.7 Å². The Labute approximate surface area is 107 Å². The maximum Gasteiger partial charge on any atom is 0.322 e. The topological polar surface area (TPSA) is 57.1 Å². The van der Waals surface area contributed by atoms with Crippen LogP contribution in [0, 0.1) is 5.41 Å². The van der Waals surface area contributed by atoms with Crippen LogP contribution in [0.25, 0.3) is 0 Å². The number of hydrogen-bond donors (Lipinski definition) is 0. The molecule has 0 aliphatic rings. The molecular formula is C11H18ClN3O2. The molecule has 5 nitrogen and oxygen atoms in total. The number of ether oxygens (including phenoxy) is 2. The van der Waals surface area contributed by atoms with E-state index < -0.39 is 0 Å². The van der Waals surface area contributed by atoms with Crippen LogP contribution in [0.4, 0.5) is 0 Å². The summed E-state index contributed by atoms with van der Waals surface area (Å²) in [5.74, 6) is 0.573. The van der Waals surface area contributed by atoms with Crippen molar-refractivity contribution in [3.8, 4) is 12.0 Å². The van der Waals surface area contributed by atoms with Crippen molar-refractivity contribution in [2.45, 2.75) is 32.6 Å². The molecule has 0 aromatic carbocycles. The molecule has 0 saturated heterocycles. The number of rotatable bonds is 4. The molecule has 1 atom stereocenters. The van der Waals surface area contributed by atoms with Gasteiger partial charge in [-0.15, -0.1) is 16.6 Å². The summed E-state index contributed by atoms with van der Waals surface area (Å²) < 4.78 is 9.96. The van der Waals surface area contributed by atoms with Crippen LogP contribution < -0.4 is 9.47 Å². The molecule has 0 bridgehead atoms. The molecule has 0 aliphatic carbocycles. The summed E-state index contributed by atoms with van der Waals surface area (Å²) in [5.41, 5.74) is -0.0192. The largest absolute Gasteiger partial charge is 0.467 e. The van der Waals surface area contributed by atoms with Gasteiger partial charge in [0, 0.05) is 11.8 Å². The maximum absolute atomic E-state index is 6.30. The van der Waals surface area contributed by atoms with Gasteiger partial charge in [0.1, 0.15) is 5.82 Å². The van der Waals surface area contributed by atoms with Crippen LogP contribution in [0.1, 0.15) is 26.6 Å². The molecule has 0 fully saturated rings. The van der Waals surface area contributed by atoms with Crippen LogP contribution >= 0.6 is 11.6 Å². The van der Waals surface area contributed by atoms with Gasteiger partial charge in [-0.3, -0.25) is 0 Å². The zero-order valence-electron chi connectivity index (χ0n) is 10.8. The van der Waals surface area contributed by atoms with Crippen LogP contribution in [0.3, 0.4) is 0 Å². The number of methoxy groups -OCH3 is 2. The number of alkyl halides is 1. The second-order valence-corrected chi connectivity index (χ2v) is 5.29. The summed E-state index contributed by atoms with van der Waals surface area (Å²) in [6.45, 7) is 6.21. The normalized spacial score (nSPS) is 13.3. The van der Waals surface area contributed by atoms with Crippen LogP contribution in [-0.4, -0.2) is 34.5 Å². The zero-order chi connectivity index (χ0) is 13.1. The highest BCUT2D eigenvalue weighted by molar-refractivity contribution is 6.21. The Morgan fingerprint density at radius 3 is 1.88 bits per heavy atom. The average molecular weight is 260 g/mol. The van der Waals surface area contributed by atoms with Gasteiger partial charge in [-0.2, -0.15) is 9.97 Å². The highest BCUT2D eigenvalue weighted by Gasteiger charge is 2.24. The fraction of sp³-hybridized carbons (Fsp3) is 0.727. The van der Waals surface area contributed by atoms with Gasteiger partial charge in [0.25, 0.3) is 0 Å². The van der Waals surface area contributed by atoms with E-state index in [-0.39, 0.29) is 22.8 Å². The molecule has 96 valence electrons. The van der Waals surface area contributed by atoms with E-state index in [9.17, 15) is 0 Å². The van der Waals surface area contributed by atoms with Gasteiger partial charge in [0.05, 0.1) is 14.2 Å². The predicted octanol–water partition coefficient (Wildman–Crippen LogP) is 2.08. The van der Waals surface area contributed by atoms with Crippen molar-refractivity contribution in [2.24, 2.45) is 5.41 Å². The Kier molecular flexibility index (Phi) is 4.51. The molecule has 0 radical (unpaired) electrons. The van der Waals surface area contributed by atoms with Gasteiger partial charge >= 0.3 is 12.0 Å². The van der Waals surface area contributed by atoms with Gasteiger partial charge in [-0.1, -0.05) is 20.8 Å². The third kappa shape index (κ3) is 4.00. The zero-order valence-corrected chi connectivity index (χ0v) is 11.6. The van der Waals surface area contributed by atoms with Crippen molar-refractivity contribution in [2.75, 3.05) is 14.2 Å². The van der Waals surface area contributed by atoms with Gasteiger partial charge < -0.3 is 9.47 Å². The first-order valence-corrected chi connectivity index (χ1v) is 5.77. The molecule has 17 heavy (non-hydrogen) atoms. The third-order valence-corrected chi connectivity index (χ3v) is 3.12. The quantitative estimate of drug-likeness (QED) is 0.775. The Balaban J connectivity index is 2.90. The maximum atomic E-state index is 6.30. The van der Waals surface area contributed by atoms with E-state index in [1.54, 1.807) is 0 Å². The van der Waals surface area contributed by atoms with E-state index in [0.29, 0.717) is 12.2 Å². The van der Waals surface area contributed by atoms with E-state index >= 15 is 0 Å². The fourth-order valence-corrected chi connectivity index (χ4v) is 1.26. The smallest absolute Gasteiger partial charge is 0.322 e. The van der Waals surface area contributed by atoms with Gasteiger partial charge in [0.2, 0.25) is 0 Å². The Hall–Kier alpha value is -1.10. The van der Waals surface area contributed by atoms with Crippen molar-refractivity contribution in [1.29, 1.82) is 0 Å². The number of halogens is 1. The van der Waals surface area contributed by atoms with E-state index in [0.717, 1.165) is 0 Å². The van der Waals surface area contributed by atoms with Crippen molar-refractivity contribution < 1.29 is 9.47 Å². The molecule has 0 N–H and O–H groups in total. The molecule has 1 heterocycles. The highest BCUT2D eigenvalue weighted by Crippen LogP contribution is 2.27. The van der Waals surface area contributed by atoms with Crippen LogP contribution in [0.15, 0.2) is 0 Å². The monoisotopic (exact) mass is 259 g/mol. The van der Waals surface area contributed by atoms with Crippen molar-refractivity contribution in [3.63, 3.8) is 0 Å². The molecule has 6 heteroatoms. The SMILES string of the molecule is COc1nc(CC(Cl)C(C)(C)C)nc(OC)n1. The molecule has 0 spiro atoms. The Morgan fingerprint density at radius 2 is 1.53 bits per heavy atom. The molecule has 0 aliphatic heterocycles. The summed E-state index contributed by atoms with van der Waals surface area (Å²) in [6, 6.07) is 0.481. The first-order chi connectivity index (χ1) is 7.86. The van der Waals surface area contributed by atoms with E-state index in [4.69, 9.17) is 21.1 Å². The van der Waals surface area contributed by atoms with E-state index in [1.165, 1.54) is 14.2 Å².